The summed E-state index contributed by atoms with van der Waals surface area (Å²) in [4.78, 5) is 18.3. The Kier molecular flexibility index (Phi) is 3.50. The predicted molar refractivity (Wildman–Crippen MR) is 62.7 cm³/mol. The van der Waals surface area contributed by atoms with Gasteiger partial charge in [-0.1, -0.05) is 0 Å². The Bertz CT molecular complexity index is 319. The summed E-state index contributed by atoms with van der Waals surface area (Å²) in [6.07, 6.45) is 1.63. The van der Waals surface area contributed by atoms with Gasteiger partial charge in [-0.15, -0.1) is 11.6 Å². The number of aliphatic hydroxyl groups excluding tert-OH is 1. The van der Waals surface area contributed by atoms with Gasteiger partial charge in [-0.2, -0.15) is 0 Å². The molecule has 0 radical (unpaired) electrons. The van der Waals surface area contributed by atoms with Crippen molar-refractivity contribution >= 4 is 23.3 Å². The summed E-state index contributed by atoms with van der Waals surface area (Å²) in [6, 6.07) is -0.0646. The quantitative estimate of drug-likeness (QED) is 0.738. The van der Waals surface area contributed by atoms with E-state index in [0.717, 1.165) is 6.42 Å². The van der Waals surface area contributed by atoms with Gasteiger partial charge in [0.25, 0.3) is 0 Å². The van der Waals surface area contributed by atoms with Gasteiger partial charge in [0.1, 0.15) is 11.9 Å². The van der Waals surface area contributed by atoms with Gasteiger partial charge in [-0.3, -0.25) is 14.7 Å². The Balaban J connectivity index is 2.24. The molecule has 2 heterocycles. The molecule has 2 aliphatic rings. The minimum absolute atomic E-state index is 0.0646. The first kappa shape index (κ1) is 11.9. The number of piperidine rings is 1. The molecule has 0 aromatic carbocycles. The van der Waals surface area contributed by atoms with Gasteiger partial charge in [0.15, 0.2) is 0 Å². The second-order valence-electron chi connectivity index (χ2n) is 4.46. The molecule has 0 saturated carbocycles. The Morgan fingerprint density at radius 1 is 1.62 bits per heavy atom. The molecule has 1 fully saturated rings. The number of carbonyl (C=O) groups excluding carboxylic acids is 1. The highest BCUT2D eigenvalue weighted by Crippen LogP contribution is 2.26. The van der Waals surface area contributed by atoms with E-state index in [1.54, 1.807) is 4.90 Å². The molecule has 0 aromatic rings. The third kappa shape index (κ3) is 1.96. The zero-order valence-corrected chi connectivity index (χ0v) is 10.2. The van der Waals surface area contributed by atoms with Crippen LogP contribution in [0.1, 0.15) is 26.2 Å². The number of hydrogen-bond donors (Lipinski definition) is 1. The first-order chi connectivity index (χ1) is 7.65. The lowest BCUT2D eigenvalue weighted by Gasteiger charge is -2.39. The molecule has 1 amide bonds. The number of carbonyl (C=O) groups is 1. The molecule has 0 aliphatic carbocycles. The summed E-state index contributed by atoms with van der Waals surface area (Å²) in [6.45, 7) is 2.60. The van der Waals surface area contributed by atoms with E-state index >= 15 is 0 Å². The zero-order valence-electron chi connectivity index (χ0n) is 9.40. The molecule has 0 bridgehead atoms. The van der Waals surface area contributed by atoms with Crippen molar-refractivity contribution in [3.05, 3.63) is 0 Å². The molecule has 3 unspecified atom stereocenters. The number of amides is 1. The molecule has 0 spiro atoms. The van der Waals surface area contributed by atoms with Gasteiger partial charge in [-0.25, -0.2) is 0 Å². The van der Waals surface area contributed by atoms with Crippen molar-refractivity contribution in [2.24, 2.45) is 10.9 Å². The van der Waals surface area contributed by atoms with Crippen LogP contribution in [-0.2, 0) is 4.79 Å². The number of aliphatic imine (C=N–C) groups is 1. The molecular formula is C11H17ClN2O2. The third-order valence-electron chi connectivity index (χ3n) is 3.36. The van der Waals surface area contributed by atoms with E-state index in [1.165, 1.54) is 0 Å². The highest BCUT2D eigenvalue weighted by molar-refractivity contribution is 6.18. The predicted octanol–water partition coefficient (Wildman–Crippen LogP) is 1.02. The Morgan fingerprint density at radius 3 is 3.06 bits per heavy atom. The monoisotopic (exact) mass is 244 g/mol. The Morgan fingerprint density at radius 2 is 2.38 bits per heavy atom. The number of aliphatic hydroxyl groups is 1. The zero-order chi connectivity index (χ0) is 11.7. The Hall–Kier alpha value is -0.610. The highest BCUT2D eigenvalue weighted by Gasteiger charge is 2.39. The second-order valence-corrected chi connectivity index (χ2v) is 4.84. The topological polar surface area (TPSA) is 52.9 Å². The molecule has 2 aliphatic heterocycles. The first-order valence-corrected chi connectivity index (χ1v) is 6.31. The van der Waals surface area contributed by atoms with E-state index in [2.05, 4.69) is 4.99 Å². The van der Waals surface area contributed by atoms with Crippen LogP contribution in [-0.4, -0.2) is 46.3 Å². The summed E-state index contributed by atoms with van der Waals surface area (Å²) in [7, 11) is 0. The van der Waals surface area contributed by atoms with Crippen LogP contribution >= 0.6 is 11.6 Å². The maximum absolute atomic E-state index is 12.2. The molecule has 0 aromatic heterocycles. The van der Waals surface area contributed by atoms with Gasteiger partial charge in [0.2, 0.25) is 5.91 Å². The van der Waals surface area contributed by atoms with Gasteiger partial charge >= 0.3 is 0 Å². The molecule has 2 rings (SSSR count). The number of nitrogens with zero attached hydrogens (tertiary/aromatic N) is 2. The normalized spacial score (nSPS) is 34.7. The summed E-state index contributed by atoms with van der Waals surface area (Å²) < 4.78 is 0. The molecular weight excluding hydrogens is 228 g/mol. The first-order valence-electron chi connectivity index (χ1n) is 5.78. The van der Waals surface area contributed by atoms with Crippen LogP contribution in [0.15, 0.2) is 4.99 Å². The van der Waals surface area contributed by atoms with Gasteiger partial charge in [0.05, 0.1) is 12.0 Å². The number of hydrogen-bond acceptors (Lipinski definition) is 3. The van der Waals surface area contributed by atoms with Crippen molar-refractivity contribution in [2.45, 2.75) is 38.3 Å². The van der Waals surface area contributed by atoms with E-state index in [1.807, 2.05) is 6.92 Å². The summed E-state index contributed by atoms with van der Waals surface area (Å²) in [5.41, 5.74) is 0. The summed E-state index contributed by atoms with van der Waals surface area (Å²) in [5, 5.41) is 9.81. The fourth-order valence-corrected chi connectivity index (χ4v) is 2.67. The molecule has 1 saturated heterocycles. The van der Waals surface area contributed by atoms with Crippen LogP contribution in [0.5, 0.6) is 0 Å². The van der Waals surface area contributed by atoms with Crippen LogP contribution in [0, 0.1) is 5.92 Å². The maximum atomic E-state index is 12.2. The smallest absolute Gasteiger partial charge is 0.233 e. The molecule has 4 nitrogen and oxygen atoms in total. The lowest BCUT2D eigenvalue weighted by atomic mass is 9.92. The van der Waals surface area contributed by atoms with E-state index < -0.39 is 6.10 Å². The van der Waals surface area contributed by atoms with Crippen molar-refractivity contribution < 1.29 is 9.90 Å². The van der Waals surface area contributed by atoms with E-state index in [0.29, 0.717) is 31.1 Å². The molecule has 5 heteroatoms. The van der Waals surface area contributed by atoms with Crippen LogP contribution in [0.25, 0.3) is 0 Å². The van der Waals surface area contributed by atoms with Gasteiger partial charge in [0, 0.05) is 12.4 Å². The van der Waals surface area contributed by atoms with Crippen LogP contribution in [0.3, 0.4) is 0 Å². The van der Waals surface area contributed by atoms with Crippen LogP contribution in [0.2, 0.25) is 0 Å². The molecule has 3 atom stereocenters. The number of amidine groups is 1. The number of rotatable bonds is 2. The van der Waals surface area contributed by atoms with Crippen molar-refractivity contribution in [2.75, 3.05) is 12.4 Å². The summed E-state index contributed by atoms with van der Waals surface area (Å²) in [5.74, 6) is 1.00. The van der Waals surface area contributed by atoms with Crippen LogP contribution < -0.4 is 0 Å². The highest BCUT2D eigenvalue weighted by atomic mass is 35.5. The number of halogens is 1. The van der Waals surface area contributed by atoms with Gasteiger partial charge < -0.3 is 5.11 Å². The van der Waals surface area contributed by atoms with E-state index in [9.17, 15) is 9.90 Å². The lowest BCUT2D eigenvalue weighted by Crippen LogP contribution is -2.54. The molecule has 16 heavy (non-hydrogen) atoms. The number of alkyl halides is 1. The van der Waals surface area contributed by atoms with E-state index in [4.69, 9.17) is 11.6 Å². The Labute approximate surface area is 100 Å². The summed E-state index contributed by atoms with van der Waals surface area (Å²) >= 11 is 5.70. The van der Waals surface area contributed by atoms with Crippen LogP contribution in [0.4, 0.5) is 0 Å². The van der Waals surface area contributed by atoms with E-state index in [-0.39, 0.29) is 17.9 Å². The SMILES string of the molecule is CC1N=C2C(O)CCCN2C(=O)C1CCCl. The molecule has 1 N–H and O–H groups in total. The van der Waals surface area contributed by atoms with Crippen molar-refractivity contribution in [3.8, 4) is 0 Å². The second kappa shape index (κ2) is 4.72. The minimum Gasteiger partial charge on any atom is -0.385 e. The largest absolute Gasteiger partial charge is 0.385 e. The average Bonchev–Trinajstić information content (AvgIpc) is 2.26. The number of fused-ring (bicyclic) bond motifs is 1. The fraction of sp³-hybridized carbons (Fsp3) is 0.818. The molecule has 90 valence electrons. The fourth-order valence-electron chi connectivity index (χ4n) is 2.43. The van der Waals surface area contributed by atoms with Gasteiger partial charge in [-0.05, 0) is 26.2 Å². The van der Waals surface area contributed by atoms with Crippen molar-refractivity contribution in [1.29, 1.82) is 0 Å². The lowest BCUT2D eigenvalue weighted by molar-refractivity contribution is -0.134. The standard InChI is InChI=1S/C11H17ClN2O2/c1-7-8(4-5-12)11(16)14-6-2-3-9(15)10(14)13-7/h7-9,15H,2-6H2,1H3. The minimum atomic E-state index is -0.572. The van der Waals surface area contributed by atoms with Crippen molar-refractivity contribution in [1.82, 2.24) is 4.90 Å². The van der Waals surface area contributed by atoms with Crippen molar-refractivity contribution in [3.63, 3.8) is 0 Å². The average molecular weight is 245 g/mol. The maximum Gasteiger partial charge on any atom is 0.233 e. The third-order valence-corrected chi connectivity index (χ3v) is 3.57.